The van der Waals surface area contributed by atoms with Gasteiger partial charge in [0.15, 0.2) is 0 Å². The Hall–Kier alpha value is -2.85. The molecule has 158 valence electrons. The van der Waals surface area contributed by atoms with Crippen LogP contribution in [0.4, 0.5) is 4.79 Å². The fourth-order valence-corrected chi connectivity index (χ4v) is 5.24. The minimum absolute atomic E-state index is 0.0141. The zero-order chi connectivity index (χ0) is 21.6. The molecule has 1 aromatic carbocycles. The predicted octanol–water partition coefficient (Wildman–Crippen LogP) is 3.21. The maximum Gasteiger partial charge on any atom is 0.407 e. The van der Waals surface area contributed by atoms with Crippen molar-refractivity contribution in [2.24, 2.45) is 0 Å². The lowest BCUT2D eigenvalue weighted by Crippen LogP contribution is -2.54. The summed E-state index contributed by atoms with van der Waals surface area (Å²) in [4.78, 5) is 28.1. The molecule has 2 aliphatic rings. The SMILES string of the molecule is CC(C)(C)N(C(=O)O)C1CCN(CC2Cn3c(=O)ccc4ccc(C#N)c2c43)CC1. The molecule has 4 rings (SSSR count). The molecule has 1 fully saturated rings. The number of rotatable bonds is 3. The molecule has 1 saturated heterocycles. The van der Waals surface area contributed by atoms with E-state index in [2.05, 4.69) is 11.0 Å². The number of nitrogens with zero attached hydrogens (tertiary/aromatic N) is 4. The van der Waals surface area contributed by atoms with Crippen LogP contribution in [-0.2, 0) is 6.54 Å². The third kappa shape index (κ3) is 3.46. The van der Waals surface area contributed by atoms with Crippen LogP contribution in [-0.4, -0.2) is 56.8 Å². The third-order valence-electron chi connectivity index (χ3n) is 6.45. The van der Waals surface area contributed by atoms with Crippen molar-refractivity contribution in [1.29, 1.82) is 5.26 Å². The minimum atomic E-state index is -0.864. The number of piperidine rings is 1. The molecule has 0 saturated carbocycles. The summed E-state index contributed by atoms with van der Waals surface area (Å²) < 4.78 is 1.80. The van der Waals surface area contributed by atoms with Crippen molar-refractivity contribution < 1.29 is 9.90 Å². The third-order valence-corrected chi connectivity index (χ3v) is 6.45. The summed E-state index contributed by atoms with van der Waals surface area (Å²) in [6.45, 7) is 8.78. The maximum atomic E-state index is 12.4. The Morgan fingerprint density at radius 2 is 1.90 bits per heavy atom. The summed E-state index contributed by atoms with van der Waals surface area (Å²) in [6.07, 6.45) is 0.716. The normalized spacial score (nSPS) is 19.7. The fourth-order valence-electron chi connectivity index (χ4n) is 5.24. The average molecular weight is 409 g/mol. The number of nitriles is 1. The number of carbonyl (C=O) groups is 1. The van der Waals surface area contributed by atoms with Gasteiger partial charge in [-0.3, -0.25) is 4.79 Å². The Kier molecular flexibility index (Phi) is 5.07. The molecular weight excluding hydrogens is 380 g/mol. The number of aromatic nitrogens is 1. The molecule has 1 atom stereocenters. The molecule has 7 nitrogen and oxygen atoms in total. The zero-order valence-electron chi connectivity index (χ0n) is 17.8. The largest absolute Gasteiger partial charge is 0.465 e. The molecule has 30 heavy (non-hydrogen) atoms. The molecule has 7 heteroatoms. The number of hydrogen-bond acceptors (Lipinski definition) is 4. The van der Waals surface area contributed by atoms with Crippen LogP contribution in [0.15, 0.2) is 29.1 Å². The van der Waals surface area contributed by atoms with Gasteiger partial charge in [-0.05, 0) is 51.1 Å². The highest BCUT2D eigenvalue weighted by atomic mass is 16.4. The highest BCUT2D eigenvalue weighted by Gasteiger charge is 2.36. The molecule has 0 spiro atoms. The number of pyridine rings is 1. The van der Waals surface area contributed by atoms with Crippen molar-refractivity contribution in [2.75, 3.05) is 19.6 Å². The Labute approximate surface area is 176 Å². The van der Waals surface area contributed by atoms with Gasteiger partial charge in [0.2, 0.25) is 0 Å². The summed E-state index contributed by atoms with van der Waals surface area (Å²) in [5.74, 6) is 0.0909. The highest BCUT2D eigenvalue weighted by Crippen LogP contribution is 2.36. The first-order valence-corrected chi connectivity index (χ1v) is 10.5. The van der Waals surface area contributed by atoms with Gasteiger partial charge in [0.1, 0.15) is 0 Å². The number of hydrogen-bond donors (Lipinski definition) is 1. The number of amides is 1. The number of likely N-dealkylation sites (tertiary alicyclic amines) is 1. The average Bonchev–Trinajstić information content (AvgIpc) is 3.06. The Bertz CT molecular complexity index is 1080. The summed E-state index contributed by atoms with van der Waals surface area (Å²) >= 11 is 0. The Morgan fingerprint density at radius 3 is 2.50 bits per heavy atom. The van der Waals surface area contributed by atoms with E-state index >= 15 is 0 Å². The summed E-state index contributed by atoms with van der Waals surface area (Å²) in [6, 6.07) is 9.51. The smallest absolute Gasteiger partial charge is 0.407 e. The van der Waals surface area contributed by atoms with Crippen LogP contribution in [0.3, 0.4) is 0 Å². The minimum Gasteiger partial charge on any atom is -0.465 e. The van der Waals surface area contributed by atoms with E-state index in [1.807, 2.05) is 39.0 Å². The molecule has 2 aliphatic heterocycles. The second-order valence-electron chi connectivity index (χ2n) is 9.41. The van der Waals surface area contributed by atoms with E-state index in [-0.39, 0.29) is 17.5 Å². The standard InChI is InChI=1S/C23H28N4O3/c1-23(2,3)27(22(29)30)18-8-10-25(11-9-18)13-17-14-26-19(28)7-6-15-4-5-16(12-24)20(17)21(15)26/h4-7,17-18H,8-11,13-14H2,1-3H3,(H,29,30). The zero-order valence-corrected chi connectivity index (χ0v) is 17.8. The van der Waals surface area contributed by atoms with E-state index in [4.69, 9.17) is 0 Å². The van der Waals surface area contributed by atoms with Gasteiger partial charge in [0.05, 0.1) is 17.1 Å². The molecule has 3 heterocycles. The first-order valence-electron chi connectivity index (χ1n) is 10.5. The van der Waals surface area contributed by atoms with Crippen LogP contribution in [0, 0.1) is 11.3 Å². The highest BCUT2D eigenvalue weighted by molar-refractivity contribution is 5.86. The molecule has 1 unspecified atom stereocenters. The van der Waals surface area contributed by atoms with Gasteiger partial charge in [0.25, 0.3) is 5.56 Å². The fraction of sp³-hybridized carbons (Fsp3) is 0.522. The van der Waals surface area contributed by atoms with Crippen molar-refractivity contribution in [1.82, 2.24) is 14.4 Å². The van der Waals surface area contributed by atoms with E-state index in [1.54, 1.807) is 15.5 Å². The topological polar surface area (TPSA) is 89.6 Å². The van der Waals surface area contributed by atoms with Gasteiger partial charge in [-0.1, -0.05) is 6.07 Å². The van der Waals surface area contributed by atoms with Crippen molar-refractivity contribution in [2.45, 2.75) is 57.7 Å². The van der Waals surface area contributed by atoms with E-state index in [0.29, 0.717) is 12.1 Å². The summed E-state index contributed by atoms with van der Waals surface area (Å²) in [5.41, 5.74) is 2.07. The lowest BCUT2D eigenvalue weighted by atomic mass is 9.92. The van der Waals surface area contributed by atoms with E-state index in [9.17, 15) is 20.0 Å². The molecule has 0 bridgehead atoms. The van der Waals surface area contributed by atoms with Gasteiger partial charge in [-0.25, -0.2) is 4.79 Å². The van der Waals surface area contributed by atoms with Gasteiger partial charge < -0.3 is 19.5 Å². The first-order chi connectivity index (χ1) is 14.2. The number of benzene rings is 1. The van der Waals surface area contributed by atoms with E-state index in [0.717, 1.165) is 48.9 Å². The summed E-state index contributed by atoms with van der Waals surface area (Å²) in [7, 11) is 0. The van der Waals surface area contributed by atoms with Crippen molar-refractivity contribution in [3.8, 4) is 6.07 Å². The molecule has 0 radical (unpaired) electrons. The van der Waals surface area contributed by atoms with E-state index in [1.165, 1.54) is 0 Å². The second kappa shape index (κ2) is 7.44. The van der Waals surface area contributed by atoms with Crippen LogP contribution in [0.2, 0.25) is 0 Å². The van der Waals surface area contributed by atoms with Gasteiger partial charge >= 0.3 is 6.09 Å². The van der Waals surface area contributed by atoms with Crippen LogP contribution < -0.4 is 5.56 Å². The monoisotopic (exact) mass is 408 g/mol. The molecule has 1 aromatic heterocycles. The van der Waals surface area contributed by atoms with Gasteiger partial charge in [-0.15, -0.1) is 0 Å². The van der Waals surface area contributed by atoms with Crippen molar-refractivity contribution in [3.63, 3.8) is 0 Å². The van der Waals surface area contributed by atoms with Crippen LogP contribution in [0.1, 0.15) is 50.7 Å². The lowest BCUT2D eigenvalue weighted by Gasteiger charge is -2.44. The van der Waals surface area contributed by atoms with Crippen molar-refractivity contribution >= 4 is 17.0 Å². The van der Waals surface area contributed by atoms with Crippen LogP contribution in [0.5, 0.6) is 0 Å². The second-order valence-corrected chi connectivity index (χ2v) is 9.41. The maximum absolute atomic E-state index is 12.4. The van der Waals surface area contributed by atoms with Crippen LogP contribution >= 0.6 is 0 Å². The number of carboxylic acid groups (broad SMARTS) is 1. The molecular formula is C23H28N4O3. The first kappa shape index (κ1) is 20.4. The molecule has 1 amide bonds. The molecule has 0 aliphatic carbocycles. The summed E-state index contributed by atoms with van der Waals surface area (Å²) in [5, 5.41) is 20.3. The quantitative estimate of drug-likeness (QED) is 0.842. The predicted molar refractivity (Wildman–Crippen MR) is 115 cm³/mol. The van der Waals surface area contributed by atoms with E-state index < -0.39 is 11.6 Å². The van der Waals surface area contributed by atoms with Crippen molar-refractivity contribution in [3.05, 3.63) is 45.7 Å². The lowest BCUT2D eigenvalue weighted by molar-refractivity contribution is 0.0410. The van der Waals surface area contributed by atoms with Gasteiger partial charge in [-0.2, -0.15) is 5.26 Å². The van der Waals surface area contributed by atoms with Crippen LogP contribution in [0.25, 0.3) is 10.9 Å². The van der Waals surface area contributed by atoms with Gasteiger partial charge in [0, 0.05) is 55.3 Å². The molecule has 2 aromatic rings. The molecule has 1 N–H and O–H groups in total. The Morgan fingerprint density at radius 1 is 1.23 bits per heavy atom. The Balaban J connectivity index is 1.53.